The highest BCUT2D eigenvalue weighted by Crippen LogP contribution is 2.45. The van der Waals surface area contributed by atoms with E-state index in [2.05, 4.69) is 35.6 Å². The molecule has 0 amide bonds. The van der Waals surface area contributed by atoms with Gasteiger partial charge in [-0.2, -0.15) is 32.5 Å². The van der Waals surface area contributed by atoms with Crippen LogP contribution in [-0.4, -0.2) is 44.2 Å². The Morgan fingerprint density at radius 1 is 0.970 bits per heavy atom. The first-order valence-corrected chi connectivity index (χ1v) is 10.4. The van der Waals surface area contributed by atoms with Gasteiger partial charge in [0.15, 0.2) is 5.82 Å². The molecule has 0 aromatic carbocycles. The Hall–Kier alpha value is -3.41. The Labute approximate surface area is 189 Å². The van der Waals surface area contributed by atoms with Crippen LogP contribution in [0.5, 0.6) is 0 Å². The van der Waals surface area contributed by atoms with E-state index in [1.807, 2.05) is 13.8 Å². The number of nitrogens with zero attached hydrogens (tertiary/aromatic N) is 5. The summed E-state index contributed by atoms with van der Waals surface area (Å²) in [6.07, 6.45) is -3.35. The Bertz CT molecular complexity index is 1110. The first-order chi connectivity index (χ1) is 15.9. The van der Waals surface area contributed by atoms with Gasteiger partial charge >= 0.3 is 6.18 Å². The second-order valence-corrected chi connectivity index (χ2v) is 7.24. The molecule has 1 aliphatic heterocycles. The molecular formula is C21H25F4N7O. The van der Waals surface area contributed by atoms with Gasteiger partial charge in [0.25, 0.3) is 0 Å². The first-order valence-electron chi connectivity index (χ1n) is 10.4. The number of rotatable bonds is 5. The van der Waals surface area contributed by atoms with Gasteiger partial charge in [-0.05, 0) is 24.3 Å². The van der Waals surface area contributed by atoms with E-state index in [1.165, 1.54) is 24.4 Å². The summed E-state index contributed by atoms with van der Waals surface area (Å²) in [7, 11) is 0. The number of aromatic nitrogens is 5. The Morgan fingerprint density at radius 2 is 1.70 bits per heavy atom. The summed E-state index contributed by atoms with van der Waals surface area (Å²) < 4.78 is 57.7. The van der Waals surface area contributed by atoms with Crippen molar-refractivity contribution in [3.8, 4) is 11.5 Å². The third kappa shape index (κ3) is 5.16. The second kappa shape index (κ2) is 9.22. The van der Waals surface area contributed by atoms with E-state index in [9.17, 15) is 17.6 Å². The molecule has 0 spiro atoms. The molecule has 2 aliphatic rings. The predicted molar refractivity (Wildman–Crippen MR) is 116 cm³/mol. The number of nitrogens with one attached hydrogen (secondary N) is 2. The number of fused-ring (bicyclic) bond motifs is 1. The molecule has 1 saturated heterocycles. The summed E-state index contributed by atoms with van der Waals surface area (Å²) >= 11 is 0. The van der Waals surface area contributed by atoms with Crippen molar-refractivity contribution in [1.29, 1.82) is 0 Å². The summed E-state index contributed by atoms with van der Waals surface area (Å²) in [5.74, 6) is 0.265. The Balaban J connectivity index is 0.00000105. The van der Waals surface area contributed by atoms with Crippen LogP contribution in [0.1, 0.15) is 22.4 Å². The van der Waals surface area contributed by atoms with Crippen LogP contribution >= 0.6 is 0 Å². The monoisotopic (exact) mass is 467 g/mol. The van der Waals surface area contributed by atoms with Gasteiger partial charge in [0, 0.05) is 20.7 Å². The van der Waals surface area contributed by atoms with Gasteiger partial charge in [-0.25, -0.2) is 9.97 Å². The van der Waals surface area contributed by atoms with E-state index >= 15 is 0 Å². The third-order valence-corrected chi connectivity index (χ3v) is 5.14. The van der Waals surface area contributed by atoms with Crippen LogP contribution < -0.4 is 10.6 Å². The molecule has 2 N–H and O–H groups in total. The number of halogens is 4. The minimum absolute atomic E-state index is 0. The molecule has 33 heavy (non-hydrogen) atoms. The van der Waals surface area contributed by atoms with Crippen molar-refractivity contribution in [2.24, 2.45) is 11.8 Å². The summed E-state index contributed by atoms with van der Waals surface area (Å²) in [6.45, 7) is 5.28. The van der Waals surface area contributed by atoms with Crippen molar-refractivity contribution in [2.45, 2.75) is 26.1 Å². The van der Waals surface area contributed by atoms with Crippen molar-refractivity contribution in [1.82, 2.24) is 24.9 Å². The van der Waals surface area contributed by atoms with Crippen molar-refractivity contribution in [3.05, 3.63) is 48.2 Å². The fraction of sp³-hybridized carbons (Fsp3) is 0.381. The quantitative estimate of drug-likeness (QED) is 0.408. The van der Waals surface area contributed by atoms with Crippen LogP contribution in [0.4, 0.5) is 35.1 Å². The maximum atomic E-state index is 13.1. The molecule has 1 aliphatic carbocycles. The molecule has 8 nitrogen and oxygen atoms in total. The van der Waals surface area contributed by atoms with Gasteiger partial charge < -0.3 is 15.4 Å². The molecule has 1 saturated carbocycles. The predicted octanol–water partition coefficient (Wildman–Crippen LogP) is 4.81. The molecule has 5 rings (SSSR count). The van der Waals surface area contributed by atoms with Gasteiger partial charge in [-0.15, -0.1) is 0 Å². The number of alkyl halides is 3. The van der Waals surface area contributed by atoms with Gasteiger partial charge in [-0.1, -0.05) is 19.9 Å². The summed E-state index contributed by atoms with van der Waals surface area (Å²) in [5.41, 5.74) is -0.705. The van der Waals surface area contributed by atoms with Crippen LogP contribution in [0.25, 0.3) is 11.5 Å². The zero-order chi connectivity index (χ0) is 23.6. The topological polar surface area (TPSA) is 97.7 Å². The summed E-state index contributed by atoms with van der Waals surface area (Å²) in [4.78, 5) is 20.0. The molecular weight excluding hydrogens is 442 g/mol. The number of pyridine rings is 2. The zero-order valence-electron chi connectivity index (χ0n) is 17.8. The van der Waals surface area contributed by atoms with Crippen molar-refractivity contribution in [2.75, 3.05) is 23.8 Å². The summed E-state index contributed by atoms with van der Waals surface area (Å²) in [5, 5.41) is 6.06. The highest BCUT2D eigenvalue weighted by Gasteiger charge is 2.54. The molecule has 2 unspecified atom stereocenters. The Kier molecular flexibility index (Phi) is 6.36. The number of hydrogen-bond donors (Lipinski definition) is 2. The average molecular weight is 467 g/mol. The fourth-order valence-electron chi connectivity index (χ4n) is 3.51. The highest BCUT2D eigenvalue weighted by molar-refractivity contribution is 5.58. The number of ether oxygens (including phenoxy) is 1. The maximum Gasteiger partial charge on any atom is 0.433 e. The van der Waals surface area contributed by atoms with Crippen LogP contribution in [0, 0.1) is 17.8 Å². The first kappa shape index (κ1) is 22.8. The third-order valence-electron chi connectivity index (χ3n) is 5.14. The molecule has 0 bridgehead atoms. The van der Waals surface area contributed by atoms with E-state index in [0.717, 1.165) is 12.1 Å². The van der Waals surface area contributed by atoms with E-state index in [1.54, 1.807) is 0 Å². The lowest BCUT2D eigenvalue weighted by atomic mass is 10.3. The number of hydrogen-bond acceptors (Lipinski definition) is 8. The van der Waals surface area contributed by atoms with Crippen molar-refractivity contribution in [3.63, 3.8) is 0 Å². The maximum absolute atomic E-state index is 13.1. The number of anilines is 3. The Morgan fingerprint density at radius 3 is 2.36 bits per heavy atom. The summed E-state index contributed by atoms with van der Waals surface area (Å²) in [6, 6.07) is 6.21. The highest BCUT2D eigenvalue weighted by atomic mass is 19.4. The molecule has 3 aromatic heterocycles. The SMILES string of the molecule is CC.Fc1ccc(Nc2nc(NC3C4COCC43)nc(-c3cccc(C(F)(F)F)n3)n2)cn1.[HH].[HH]. The standard InChI is InChI=1S/C19H15F4N7O.C2H6.2H2/c20-14-5-4-9(6-24-14)25-17-28-16(12-2-1-3-13(26-12)19(21,22)23)29-18(30-17)27-15-10-7-31-8-11(10)15;1-2;;/h1-6,10-11,15H,7-8H2,(H2,25,27,28,29,30);1-2H3;2*1H. The van der Waals surface area contributed by atoms with Crippen LogP contribution in [0.3, 0.4) is 0 Å². The van der Waals surface area contributed by atoms with Crippen LogP contribution in [0.2, 0.25) is 0 Å². The van der Waals surface area contributed by atoms with Gasteiger partial charge in [0.05, 0.1) is 25.1 Å². The smallest absolute Gasteiger partial charge is 0.381 e. The minimum Gasteiger partial charge on any atom is -0.381 e. The van der Waals surface area contributed by atoms with Crippen molar-refractivity contribution < 1.29 is 25.2 Å². The lowest BCUT2D eigenvalue weighted by Crippen LogP contribution is -2.16. The van der Waals surface area contributed by atoms with Gasteiger partial charge in [-0.3, -0.25) is 0 Å². The van der Waals surface area contributed by atoms with E-state index < -0.39 is 17.8 Å². The molecule has 3 aromatic rings. The molecule has 2 atom stereocenters. The molecule has 12 heteroatoms. The van der Waals surface area contributed by atoms with Crippen molar-refractivity contribution >= 4 is 17.6 Å². The van der Waals surface area contributed by atoms with Crippen LogP contribution in [0.15, 0.2) is 36.5 Å². The zero-order valence-corrected chi connectivity index (χ0v) is 17.8. The second-order valence-electron chi connectivity index (χ2n) is 7.24. The molecule has 2 fully saturated rings. The van der Waals surface area contributed by atoms with Crippen LogP contribution in [-0.2, 0) is 10.9 Å². The van der Waals surface area contributed by atoms with E-state index in [0.29, 0.717) is 30.7 Å². The minimum atomic E-state index is -4.60. The largest absolute Gasteiger partial charge is 0.433 e. The lowest BCUT2D eigenvalue weighted by molar-refractivity contribution is -0.141. The molecule has 4 heterocycles. The van der Waals surface area contributed by atoms with Gasteiger partial charge in [0.1, 0.15) is 11.4 Å². The lowest BCUT2D eigenvalue weighted by Gasteiger charge is -2.12. The van der Waals surface area contributed by atoms with E-state index in [-0.39, 0.29) is 32.3 Å². The molecule has 0 radical (unpaired) electrons. The van der Waals surface area contributed by atoms with E-state index in [4.69, 9.17) is 4.74 Å². The molecule has 178 valence electrons. The normalized spacial score (nSPS) is 21.0. The van der Waals surface area contributed by atoms with Gasteiger partial charge in [0.2, 0.25) is 17.8 Å². The average Bonchev–Trinajstić information content (AvgIpc) is 3.21. The fourth-order valence-corrected chi connectivity index (χ4v) is 3.51.